The zero-order valence-corrected chi connectivity index (χ0v) is 15.3. The molecule has 0 saturated carbocycles. The molecule has 1 unspecified atom stereocenters. The maximum atomic E-state index is 12.6. The molecule has 7 nitrogen and oxygen atoms in total. The number of benzene rings is 1. The van der Waals surface area contributed by atoms with Gasteiger partial charge in [-0.15, -0.1) is 23.4 Å². The summed E-state index contributed by atoms with van der Waals surface area (Å²) in [4.78, 5) is 15.9. The number of anilines is 1. The van der Waals surface area contributed by atoms with E-state index in [1.54, 1.807) is 12.1 Å². The van der Waals surface area contributed by atoms with E-state index >= 15 is 0 Å². The van der Waals surface area contributed by atoms with Crippen LogP contribution in [0.15, 0.2) is 36.4 Å². The maximum absolute atomic E-state index is 12.6. The van der Waals surface area contributed by atoms with Crippen LogP contribution in [0.1, 0.15) is 16.8 Å². The fourth-order valence-electron chi connectivity index (χ4n) is 2.80. The maximum Gasteiger partial charge on any atom is 0.573 e. The first-order valence-electron chi connectivity index (χ1n) is 8.54. The van der Waals surface area contributed by atoms with Gasteiger partial charge in [0.15, 0.2) is 5.82 Å². The second-order valence-corrected chi connectivity index (χ2v) is 6.48. The third-order valence-electron chi connectivity index (χ3n) is 4.12. The number of halogens is 3. The first-order valence-corrected chi connectivity index (χ1v) is 8.54. The van der Waals surface area contributed by atoms with Crippen molar-refractivity contribution in [1.29, 1.82) is 0 Å². The first-order chi connectivity index (χ1) is 13.2. The number of carbonyl (C=O) groups excluding carboxylic acids is 1. The summed E-state index contributed by atoms with van der Waals surface area (Å²) in [5.74, 6) is 0.233. The number of aromatic nitrogens is 2. The molecule has 1 atom stereocenters. The normalized spacial score (nSPS) is 16.8. The molecule has 150 valence electrons. The number of rotatable bonds is 5. The number of hydrogen-bond acceptors (Lipinski definition) is 6. The summed E-state index contributed by atoms with van der Waals surface area (Å²) in [6.45, 7) is 0.733. The van der Waals surface area contributed by atoms with Crippen molar-refractivity contribution in [1.82, 2.24) is 15.1 Å². The Morgan fingerprint density at radius 3 is 2.64 bits per heavy atom. The van der Waals surface area contributed by atoms with Gasteiger partial charge in [0.05, 0.1) is 6.54 Å². The zero-order chi connectivity index (χ0) is 20.3. The van der Waals surface area contributed by atoms with Crippen molar-refractivity contribution in [3.63, 3.8) is 0 Å². The minimum absolute atomic E-state index is 0.123. The van der Waals surface area contributed by atoms with E-state index in [0.717, 1.165) is 12.1 Å². The number of ether oxygens (including phenoxy) is 2. The van der Waals surface area contributed by atoms with Crippen LogP contribution in [0.4, 0.5) is 19.0 Å². The molecular formula is C18H19F3N4O3. The molecule has 1 saturated heterocycles. The van der Waals surface area contributed by atoms with Gasteiger partial charge in [-0.2, -0.15) is 0 Å². The standard InChI is InChI=1S/C18H19F3N4O3/c1-24(2)15-6-7-16(23-22-15)27-14-8-9-25(11-14)17(26)12-4-3-5-13(10-12)28-18(19,20)21/h3-7,10,14H,8-9,11H2,1-2H3. The Balaban J connectivity index is 1.60. The molecule has 0 N–H and O–H groups in total. The Morgan fingerprint density at radius 1 is 1.21 bits per heavy atom. The van der Waals surface area contributed by atoms with Crippen LogP contribution in [0.25, 0.3) is 0 Å². The fourth-order valence-corrected chi connectivity index (χ4v) is 2.80. The monoisotopic (exact) mass is 396 g/mol. The molecule has 1 amide bonds. The molecule has 1 aliphatic heterocycles. The van der Waals surface area contributed by atoms with E-state index in [0.29, 0.717) is 31.2 Å². The quantitative estimate of drug-likeness (QED) is 0.774. The van der Waals surface area contributed by atoms with Gasteiger partial charge in [-0.3, -0.25) is 4.79 Å². The van der Waals surface area contributed by atoms with E-state index < -0.39 is 12.1 Å². The molecule has 10 heteroatoms. The Hall–Kier alpha value is -3.04. The SMILES string of the molecule is CN(C)c1ccc(OC2CCN(C(=O)c3cccc(OC(F)(F)F)c3)C2)nn1. The predicted molar refractivity (Wildman–Crippen MR) is 94.4 cm³/mol. The van der Waals surface area contributed by atoms with E-state index in [4.69, 9.17) is 4.74 Å². The predicted octanol–water partition coefficient (Wildman–Crippen LogP) is 2.73. The number of hydrogen-bond donors (Lipinski definition) is 0. The molecular weight excluding hydrogens is 377 g/mol. The Bertz CT molecular complexity index is 828. The van der Waals surface area contributed by atoms with Crippen LogP contribution >= 0.6 is 0 Å². The fraction of sp³-hybridized carbons (Fsp3) is 0.389. The molecule has 28 heavy (non-hydrogen) atoms. The lowest BCUT2D eigenvalue weighted by molar-refractivity contribution is -0.274. The van der Waals surface area contributed by atoms with Crippen LogP contribution in [0.3, 0.4) is 0 Å². The Morgan fingerprint density at radius 2 is 2.00 bits per heavy atom. The van der Waals surface area contributed by atoms with Gasteiger partial charge in [-0.1, -0.05) is 6.07 Å². The van der Waals surface area contributed by atoms with Crippen molar-refractivity contribution < 1.29 is 27.4 Å². The van der Waals surface area contributed by atoms with Gasteiger partial charge in [0.2, 0.25) is 5.88 Å². The van der Waals surface area contributed by atoms with E-state index in [9.17, 15) is 18.0 Å². The van der Waals surface area contributed by atoms with Crippen molar-refractivity contribution in [2.24, 2.45) is 0 Å². The molecule has 1 aromatic heterocycles. The van der Waals surface area contributed by atoms with Crippen molar-refractivity contribution in [3.8, 4) is 11.6 Å². The highest BCUT2D eigenvalue weighted by atomic mass is 19.4. The summed E-state index contributed by atoms with van der Waals surface area (Å²) in [6, 6.07) is 8.49. The van der Waals surface area contributed by atoms with Crippen molar-refractivity contribution in [2.75, 3.05) is 32.1 Å². The van der Waals surface area contributed by atoms with Gasteiger partial charge < -0.3 is 19.3 Å². The third-order valence-corrected chi connectivity index (χ3v) is 4.12. The molecule has 1 fully saturated rings. The average molecular weight is 396 g/mol. The van der Waals surface area contributed by atoms with Crippen LogP contribution in [0.5, 0.6) is 11.6 Å². The Kier molecular flexibility index (Phi) is 5.57. The molecule has 0 radical (unpaired) electrons. The molecule has 3 rings (SSSR count). The molecule has 1 aliphatic rings. The van der Waals surface area contributed by atoms with E-state index in [1.165, 1.54) is 17.0 Å². The molecule has 1 aromatic carbocycles. The summed E-state index contributed by atoms with van der Waals surface area (Å²) >= 11 is 0. The highest BCUT2D eigenvalue weighted by molar-refractivity contribution is 5.94. The number of amides is 1. The summed E-state index contributed by atoms with van der Waals surface area (Å²) in [6.07, 6.45) is -4.49. The molecule has 2 heterocycles. The number of likely N-dealkylation sites (tertiary alicyclic amines) is 1. The molecule has 2 aromatic rings. The highest BCUT2D eigenvalue weighted by Gasteiger charge is 2.32. The van der Waals surface area contributed by atoms with Gasteiger partial charge in [0.1, 0.15) is 11.9 Å². The van der Waals surface area contributed by atoms with Gasteiger partial charge in [-0.25, -0.2) is 0 Å². The zero-order valence-electron chi connectivity index (χ0n) is 15.3. The largest absolute Gasteiger partial charge is 0.573 e. The van der Waals surface area contributed by atoms with Crippen molar-refractivity contribution in [3.05, 3.63) is 42.0 Å². The van der Waals surface area contributed by atoms with E-state index in [2.05, 4.69) is 14.9 Å². The van der Waals surface area contributed by atoms with Crippen LogP contribution in [0, 0.1) is 0 Å². The van der Waals surface area contributed by atoms with Crippen molar-refractivity contribution >= 4 is 11.7 Å². The number of nitrogens with zero attached hydrogens (tertiary/aromatic N) is 4. The van der Waals surface area contributed by atoms with E-state index in [1.807, 2.05) is 19.0 Å². The van der Waals surface area contributed by atoms with Crippen LogP contribution in [-0.4, -0.2) is 60.7 Å². The highest BCUT2D eigenvalue weighted by Crippen LogP contribution is 2.25. The third kappa shape index (κ3) is 5.02. The topological polar surface area (TPSA) is 67.8 Å². The van der Waals surface area contributed by atoms with Crippen LogP contribution in [-0.2, 0) is 0 Å². The van der Waals surface area contributed by atoms with Crippen LogP contribution in [0.2, 0.25) is 0 Å². The lowest BCUT2D eigenvalue weighted by Gasteiger charge is -2.18. The van der Waals surface area contributed by atoms with Crippen molar-refractivity contribution in [2.45, 2.75) is 18.9 Å². The minimum Gasteiger partial charge on any atom is -0.471 e. The smallest absolute Gasteiger partial charge is 0.471 e. The lowest BCUT2D eigenvalue weighted by atomic mass is 10.2. The average Bonchev–Trinajstić information content (AvgIpc) is 3.09. The minimum atomic E-state index is -4.81. The second kappa shape index (κ2) is 7.91. The summed E-state index contributed by atoms with van der Waals surface area (Å²) in [5, 5.41) is 8.02. The summed E-state index contributed by atoms with van der Waals surface area (Å²) < 4.78 is 46.7. The first kappa shape index (κ1) is 19.7. The number of alkyl halides is 3. The van der Waals surface area contributed by atoms with E-state index in [-0.39, 0.29) is 17.6 Å². The molecule has 0 bridgehead atoms. The van der Waals surface area contributed by atoms with Gasteiger partial charge >= 0.3 is 6.36 Å². The molecule has 0 aliphatic carbocycles. The van der Waals surface area contributed by atoms with Gasteiger partial charge in [-0.05, 0) is 24.3 Å². The van der Waals surface area contributed by atoms with Gasteiger partial charge in [0, 0.05) is 38.7 Å². The number of carbonyl (C=O) groups is 1. The van der Waals surface area contributed by atoms with Crippen LogP contribution < -0.4 is 14.4 Å². The summed E-state index contributed by atoms with van der Waals surface area (Å²) in [7, 11) is 3.69. The summed E-state index contributed by atoms with van der Waals surface area (Å²) in [5.41, 5.74) is 0.123. The second-order valence-electron chi connectivity index (χ2n) is 6.48. The molecule has 0 spiro atoms. The van der Waals surface area contributed by atoms with Gasteiger partial charge in [0.25, 0.3) is 5.91 Å². The lowest BCUT2D eigenvalue weighted by Crippen LogP contribution is -2.31. The Labute approximate surface area is 159 Å².